The van der Waals surface area contributed by atoms with Gasteiger partial charge in [-0.2, -0.15) is 0 Å². The molecule has 0 spiro atoms. The van der Waals surface area contributed by atoms with Crippen molar-refractivity contribution in [2.75, 3.05) is 13.1 Å². The number of β-amino-alcohol motifs (C(OH)–C–C–N with tert-alkyl or cyclic N) is 1. The molecule has 0 aromatic heterocycles. The third-order valence-corrected chi connectivity index (χ3v) is 3.26. The van der Waals surface area contributed by atoms with Gasteiger partial charge in [0.1, 0.15) is 11.4 Å². The summed E-state index contributed by atoms with van der Waals surface area (Å²) in [5, 5.41) is 19.4. The molecular weight excluding hydrogens is 258 g/mol. The molecule has 0 radical (unpaired) electrons. The van der Waals surface area contributed by atoms with Crippen molar-refractivity contribution >= 4 is 6.09 Å². The summed E-state index contributed by atoms with van der Waals surface area (Å²) in [4.78, 5) is 13.5. The van der Waals surface area contributed by atoms with Crippen molar-refractivity contribution in [2.24, 2.45) is 0 Å². The molecule has 5 heteroatoms. The van der Waals surface area contributed by atoms with Crippen molar-refractivity contribution in [1.29, 1.82) is 0 Å². The maximum Gasteiger partial charge on any atom is 0.410 e. The molecule has 1 aromatic rings. The van der Waals surface area contributed by atoms with Crippen LogP contribution >= 0.6 is 0 Å². The summed E-state index contributed by atoms with van der Waals surface area (Å²) < 4.78 is 5.31. The van der Waals surface area contributed by atoms with Crippen LogP contribution in [0.15, 0.2) is 24.3 Å². The van der Waals surface area contributed by atoms with Crippen LogP contribution in [-0.2, 0) is 4.74 Å². The number of phenolic OH excluding ortho intramolecular Hbond substituents is 1. The average Bonchev–Trinajstić information content (AvgIpc) is 2.70. The summed E-state index contributed by atoms with van der Waals surface area (Å²) in [6.45, 7) is 6.12. The largest absolute Gasteiger partial charge is 0.508 e. The number of rotatable bonds is 1. The molecule has 1 heterocycles. The number of ether oxygens (including phenoxy) is 1. The number of carbonyl (C=O) groups is 1. The van der Waals surface area contributed by atoms with Gasteiger partial charge in [0.15, 0.2) is 0 Å². The van der Waals surface area contributed by atoms with Gasteiger partial charge in [0.05, 0.1) is 12.6 Å². The second kappa shape index (κ2) is 5.32. The zero-order valence-electron chi connectivity index (χ0n) is 12.0. The standard InChI is InChI=1S/C15H21NO4/c1-15(2,3)20-14(19)16-8-12(13(18)9-16)10-4-6-11(17)7-5-10/h4-7,12-13,17-18H,8-9H2,1-3H3/t12-,13+/m0/s1. The SMILES string of the molecule is CC(C)(C)OC(=O)N1C[C@@H](O)[C@H](c2ccc(O)cc2)C1. The number of aliphatic hydroxyl groups is 1. The van der Waals surface area contributed by atoms with Crippen molar-refractivity contribution in [2.45, 2.75) is 38.4 Å². The van der Waals surface area contributed by atoms with E-state index in [1.807, 2.05) is 20.8 Å². The Kier molecular flexibility index (Phi) is 3.90. The Morgan fingerprint density at radius 3 is 2.40 bits per heavy atom. The number of carbonyl (C=O) groups excluding carboxylic acids is 1. The smallest absolute Gasteiger partial charge is 0.410 e. The molecule has 2 rings (SSSR count). The molecule has 1 amide bonds. The Balaban J connectivity index is 2.05. The van der Waals surface area contributed by atoms with E-state index in [9.17, 15) is 15.0 Å². The zero-order valence-corrected chi connectivity index (χ0v) is 12.0. The van der Waals surface area contributed by atoms with Crippen LogP contribution in [0.5, 0.6) is 5.75 Å². The lowest BCUT2D eigenvalue weighted by Crippen LogP contribution is -2.35. The number of likely N-dealkylation sites (tertiary alicyclic amines) is 1. The van der Waals surface area contributed by atoms with Gasteiger partial charge in [-0.15, -0.1) is 0 Å². The predicted molar refractivity (Wildman–Crippen MR) is 74.7 cm³/mol. The minimum atomic E-state index is -0.618. The first-order valence-corrected chi connectivity index (χ1v) is 6.71. The van der Waals surface area contributed by atoms with Gasteiger partial charge in [0, 0.05) is 12.5 Å². The van der Waals surface area contributed by atoms with Crippen LogP contribution in [0.2, 0.25) is 0 Å². The molecule has 1 aliphatic heterocycles. The predicted octanol–water partition coefficient (Wildman–Crippen LogP) is 2.09. The van der Waals surface area contributed by atoms with Crippen molar-refractivity contribution < 1.29 is 19.7 Å². The number of nitrogens with zero attached hydrogens (tertiary/aromatic N) is 1. The van der Waals surface area contributed by atoms with Gasteiger partial charge in [-0.25, -0.2) is 4.79 Å². The maximum atomic E-state index is 12.0. The highest BCUT2D eigenvalue weighted by atomic mass is 16.6. The lowest BCUT2D eigenvalue weighted by Gasteiger charge is -2.24. The number of aromatic hydroxyl groups is 1. The summed E-state index contributed by atoms with van der Waals surface area (Å²) >= 11 is 0. The molecular formula is C15H21NO4. The van der Waals surface area contributed by atoms with E-state index < -0.39 is 17.8 Å². The van der Waals surface area contributed by atoms with Gasteiger partial charge >= 0.3 is 6.09 Å². The molecule has 0 aliphatic carbocycles. The monoisotopic (exact) mass is 279 g/mol. The summed E-state index contributed by atoms with van der Waals surface area (Å²) in [6.07, 6.45) is -1.02. The van der Waals surface area contributed by atoms with E-state index in [-0.39, 0.29) is 18.2 Å². The van der Waals surface area contributed by atoms with Crippen LogP contribution in [-0.4, -0.2) is 46.0 Å². The van der Waals surface area contributed by atoms with Crippen LogP contribution in [0.4, 0.5) is 4.79 Å². The van der Waals surface area contributed by atoms with Gasteiger partial charge in [-0.1, -0.05) is 12.1 Å². The number of benzene rings is 1. The molecule has 0 saturated carbocycles. The second-order valence-electron chi connectivity index (χ2n) is 6.15. The van der Waals surface area contributed by atoms with Crippen LogP contribution < -0.4 is 0 Å². The topological polar surface area (TPSA) is 70.0 Å². The lowest BCUT2D eigenvalue weighted by atomic mass is 9.96. The normalized spacial score (nSPS) is 22.9. The lowest BCUT2D eigenvalue weighted by molar-refractivity contribution is 0.0270. The third-order valence-electron chi connectivity index (χ3n) is 3.26. The van der Waals surface area contributed by atoms with E-state index in [0.29, 0.717) is 6.54 Å². The quantitative estimate of drug-likeness (QED) is 0.826. The first-order valence-electron chi connectivity index (χ1n) is 6.71. The van der Waals surface area contributed by atoms with E-state index in [1.54, 1.807) is 24.3 Å². The molecule has 0 unspecified atom stereocenters. The Morgan fingerprint density at radius 2 is 1.85 bits per heavy atom. The summed E-state index contributed by atoms with van der Waals surface area (Å²) in [6, 6.07) is 6.69. The van der Waals surface area contributed by atoms with E-state index in [2.05, 4.69) is 0 Å². The maximum absolute atomic E-state index is 12.0. The number of hydrogen-bond acceptors (Lipinski definition) is 4. The Labute approximate surface area is 118 Å². The molecule has 1 fully saturated rings. The van der Waals surface area contributed by atoms with Gasteiger partial charge in [-0.3, -0.25) is 0 Å². The molecule has 2 atom stereocenters. The van der Waals surface area contributed by atoms with Crippen molar-refractivity contribution in [3.05, 3.63) is 29.8 Å². The van der Waals surface area contributed by atoms with Gasteiger partial charge in [-0.05, 0) is 38.5 Å². The number of phenols is 1. The highest BCUT2D eigenvalue weighted by molar-refractivity contribution is 5.69. The number of hydrogen-bond donors (Lipinski definition) is 2. The Bertz CT molecular complexity index is 478. The van der Waals surface area contributed by atoms with Crippen molar-refractivity contribution in [3.8, 4) is 5.75 Å². The minimum Gasteiger partial charge on any atom is -0.508 e. The van der Waals surface area contributed by atoms with Crippen molar-refractivity contribution in [3.63, 3.8) is 0 Å². The second-order valence-corrected chi connectivity index (χ2v) is 6.15. The average molecular weight is 279 g/mol. The van der Waals surface area contributed by atoms with Gasteiger partial charge < -0.3 is 19.8 Å². The first-order chi connectivity index (χ1) is 9.26. The fourth-order valence-electron chi connectivity index (χ4n) is 2.31. The Morgan fingerprint density at radius 1 is 1.25 bits per heavy atom. The third kappa shape index (κ3) is 3.42. The Hall–Kier alpha value is -1.75. The number of amides is 1. The molecule has 1 saturated heterocycles. The molecule has 5 nitrogen and oxygen atoms in total. The van der Waals surface area contributed by atoms with Gasteiger partial charge in [0.2, 0.25) is 0 Å². The first kappa shape index (κ1) is 14.7. The molecule has 110 valence electrons. The fraction of sp³-hybridized carbons (Fsp3) is 0.533. The fourth-order valence-corrected chi connectivity index (χ4v) is 2.31. The van der Waals surface area contributed by atoms with Gasteiger partial charge in [0.25, 0.3) is 0 Å². The summed E-state index contributed by atoms with van der Waals surface area (Å²) in [5.74, 6) is 0.0355. The van der Waals surface area contributed by atoms with E-state index in [4.69, 9.17) is 4.74 Å². The highest BCUT2D eigenvalue weighted by Gasteiger charge is 2.36. The van der Waals surface area contributed by atoms with E-state index >= 15 is 0 Å². The van der Waals surface area contributed by atoms with E-state index in [0.717, 1.165) is 5.56 Å². The number of aliphatic hydroxyl groups excluding tert-OH is 1. The van der Waals surface area contributed by atoms with Crippen LogP contribution in [0.3, 0.4) is 0 Å². The highest BCUT2D eigenvalue weighted by Crippen LogP contribution is 2.29. The molecule has 1 aromatic carbocycles. The van der Waals surface area contributed by atoms with Crippen LogP contribution in [0.25, 0.3) is 0 Å². The molecule has 20 heavy (non-hydrogen) atoms. The molecule has 1 aliphatic rings. The summed E-state index contributed by atoms with van der Waals surface area (Å²) in [5.41, 5.74) is 0.361. The van der Waals surface area contributed by atoms with Crippen LogP contribution in [0.1, 0.15) is 32.3 Å². The minimum absolute atomic E-state index is 0.150. The molecule has 0 bridgehead atoms. The molecule has 2 N–H and O–H groups in total. The summed E-state index contributed by atoms with van der Waals surface area (Å²) in [7, 11) is 0. The zero-order chi connectivity index (χ0) is 14.9. The van der Waals surface area contributed by atoms with Crippen LogP contribution in [0, 0.1) is 0 Å². The van der Waals surface area contributed by atoms with Crippen molar-refractivity contribution in [1.82, 2.24) is 4.90 Å². The van der Waals surface area contributed by atoms with E-state index in [1.165, 1.54) is 4.90 Å².